The highest BCUT2D eigenvalue weighted by molar-refractivity contribution is 7.10. The number of hydrogen-bond donors (Lipinski definition) is 1. The maximum Gasteiger partial charge on any atom is 0.127 e. The van der Waals surface area contributed by atoms with E-state index in [2.05, 4.69) is 186 Å². The molecule has 6 nitrogen and oxygen atoms in total. The second-order valence-electron chi connectivity index (χ2n) is 24.6. The van der Waals surface area contributed by atoms with Gasteiger partial charge in [-0.3, -0.25) is 0 Å². The number of fused-ring (bicyclic) bond motifs is 3. The Kier molecular flexibility index (Phi) is 29.3. The predicted molar refractivity (Wildman–Crippen MR) is 353 cm³/mol. The predicted octanol–water partition coefficient (Wildman–Crippen LogP) is 21.8. The van der Waals surface area contributed by atoms with Crippen LogP contribution in [0.1, 0.15) is 236 Å². The minimum atomic E-state index is -0.243. The zero-order valence-electron chi connectivity index (χ0n) is 53.9. The number of allylic oxidation sites excluding steroid dienone is 12. The van der Waals surface area contributed by atoms with E-state index in [1.54, 1.807) is 0 Å². The molecule has 0 fully saturated rings. The summed E-state index contributed by atoms with van der Waals surface area (Å²) >= 11 is 0. The first-order valence-corrected chi connectivity index (χ1v) is 31.0. The van der Waals surface area contributed by atoms with E-state index < -0.39 is 0 Å². The third-order valence-electron chi connectivity index (χ3n) is 16.5. The molecule has 3 heterocycles. The third kappa shape index (κ3) is 22.0. The van der Waals surface area contributed by atoms with Crippen LogP contribution in [0.25, 0.3) is 0 Å². The second-order valence-corrected chi connectivity index (χ2v) is 25.1. The fourth-order valence-electron chi connectivity index (χ4n) is 10.8. The SMILES string of the molecule is C/C=C(\C)CC/C=C(\C)CCC=C(C)C.C=C[C@]1(C)CCc2c(C)c(OP)cc(C)c2O1.CC(C)=CCC/C(C)=C/CC/C(C)=C/CC[C@]1(C)CCc2c(C)c(O)cc(C)c2O1.CCC[C@]1(C)CCc2c(C)c(OP)cc(C)c2O1. The highest BCUT2D eigenvalue weighted by Gasteiger charge is 2.35. The molecule has 0 bridgehead atoms. The Morgan fingerprint density at radius 2 is 0.912 bits per heavy atom. The Balaban J connectivity index is 0.000000293. The molecular weight excluding hydrogens is 1020 g/mol. The standard InChI is InChI=1S/C28H42O2.C15H23O2P.C15H26.C14H19O2P/c1-20(2)11-8-12-21(3)13-9-14-22(4)15-10-17-28(7)18-16-25-24(6)26(29)19-23(5)27(25)30-28;1-5-7-15(4)8-6-12-11(3)13(17-18)9-10(2)14(12)16-15;1-6-14(4)10-8-12-15(5)11-7-9-13(2)3;1-5-14(4)7-6-11-10(3)12(16-17)8-9(2)13(11)15-14/h11,13,15,19,29H,8-10,12,14,16-18H2,1-7H3;9H,5-8,18H2,1-4H3;6,9,12H,7-8,10-11H2,1-5H3;5,8H,1,6-7,17H2,2-4H3/b21-13+,22-15+;;14-6+,15-12+;/t28-;15-;;14-/m11.1/s1. The summed E-state index contributed by atoms with van der Waals surface area (Å²) in [5.41, 5.74) is 18.9. The van der Waals surface area contributed by atoms with Crippen molar-refractivity contribution in [3.63, 3.8) is 0 Å². The molecule has 0 aliphatic carbocycles. The third-order valence-corrected chi connectivity index (χ3v) is 17.0. The van der Waals surface area contributed by atoms with E-state index in [1.165, 1.54) is 98.9 Å². The van der Waals surface area contributed by atoms with E-state index in [4.69, 9.17) is 23.3 Å². The fourth-order valence-corrected chi connectivity index (χ4v) is 11.3. The number of phenols is 1. The van der Waals surface area contributed by atoms with Crippen LogP contribution in [0, 0.1) is 41.5 Å². The van der Waals surface area contributed by atoms with Crippen LogP contribution in [0.3, 0.4) is 0 Å². The smallest absolute Gasteiger partial charge is 0.127 e. The molecule has 0 radical (unpaired) electrons. The van der Waals surface area contributed by atoms with Gasteiger partial charge >= 0.3 is 0 Å². The number of rotatable bonds is 20. The van der Waals surface area contributed by atoms with Crippen LogP contribution in [0.5, 0.6) is 34.5 Å². The van der Waals surface area contributed by atoms with E-state index in [1.807, 2.05) is 32.1 Å². The molecule has 3 aliphatic rings. The number of benzene rings is 3. The molecule has 0 saturated heterocycles. The van der Waals surface area contributed by atoms with Crippen molar-refractivity contribution >= 4 is 18.9 Å². The van der Waals surface area contributed by atoms with E-state index in [-0.39, 0.29) is 16.8 Å². The summed E-state index contributed by atoms with van der Waals surface area (Å²) in [6.45, 7) is 44.7. The lowest BCUT2D eigenvalue weighted by Gasteiger charge is -2.37. The van der Waals surface area contributed by atoms with Crippen molar-refractivity contribution < 1.29 is 28.4 Å². The summed E-state index contributed by atoms with van der Waals surface area (Å²) in [5, 5.41) is 10.1. The molecule has 0 spiro atoms. The summed E-state index contributed by atoms with van der Waals surface area (Å²) < 4.78 is 29.6. The first kappa shape index (κ1) is 69.8. The van der Waals surface area contributed by atoms with Crippen LogP contribution in [-0.2, 0) is 19.3 Å². The molecule has 3 aromatic carbocycles. The Labute approximate surface area is 494 Å². The van der Waals surface area contributed by atoms with Crippen molar-refractivity contribution in [3.05, 3.63) is 151 Å². The van der Waals surface area contributed by atoms with Crippen molar-refractivity contribution in [2.24, 2.45) is 0 Å². The van der Waals surface area contributed by atoms with Gasteiger partial charge in [0.15, 0.2) is 0 Å². The lowest BCUT2D eigenvalue weighted by atomic mass is 9.86. The normalized spacial score (nSPS) is 19.5. The monoisotopic (exact) mass is 1130 g/mol. The number of ether oxygens (including phenoxy) is 3. The van der Waals surface area contributed by atoms with Crippen LogP contribution in [0.4, 0.5) is 0 Å². The first-order valence-electron chi connectivity index (χ1n) is 30.1. The van der Waals surface area contributed by atoms with Crippen molar-refractivity contribution in [1.29, 1.82) is 0 Å². The number of hydrogen-bond acceptors (Lipinski definition) is 6. The Morgan fingerprint density at radius 3 is 1.32 bits per heavy atom. The zero-order chi connectivity index (χ0) is 60.0. The van der Waals surface area contributed by atoms with Gasteiger partial charge in [-0.05, 0) is 291 Å². The van der Waals surface area contributed by atoms with Crippen LogP contribution in [0.2, 0.25) is 0 Å². The van der Waals surface area contributed by atoms with Crippen LogP contribution < -0.4 is 23.3 Å². The van der Waals surface area contributed by atoms with Gasteiger partial charge in [-0.1, -0.05) is 89.8 Å². The summed E-state index contributed by atoms with van der Waals surface area (Å²) in [7, 11) is 4.64. The van der Waals surface area contributed by atoms with E-state index in [0.29, 0.717) is 5.75 Å². The molecule has 0 amide bonds. The Morgan fingerprint density at radius 1 is 0.537 bits per heavy atom. The van der Waals surface area contributed by atoms with E-state index in [0.717, 1.165) is 129 Å². The molecule has 1 N–H and O–H groups in total. The number of phenolic OH excluding ortho intramolecular Hbond substituents is 1. The maximum atomic E-state index is 10.1. The summed E-state index contributed by atoms with van der Waals surface area (Å²) in [4.78, 5) is 0. The quantitative estimate of drug-likeness (QED) is 0.0898. The van der Waals surface area contributed by atoms with Gasteiger partial charge in [0.25, 0.3) is 0 Å². The summed E-state index contributed by atoms with van der Waals surface area (Å²) in [5.74, 6) is 5.32. The average Bonchev–Trinajstić information content (AvgIpc) is 3.43. The van der Waals surface area contributed by atoms with Crippen molar-refractivity contribution in [2.45, 2.75) is 264 Å². The topological polar surface area (TPSA) is 66.4 Å². The van der Waals surface area contributed by atoms with Crippen molar-refractivity contribution in [3.8, 4) is 34.5 Å². The van der Waals surface area contributed by atoms with Gasteiger partial charge in [-0.15, -0.1) is 0 Å². The van der Waals surface area contributed by atoms with Crippen LogP contribution >= 0.6 is 18.9 Å². The van der Waals surface area contributed by atoms with Gasteiger partial charge in [-0.25, -0.2) is 0 Å². The molecule has 0 saturated carbocycles. The Bertz CT molecular complexity index is 2710. The highest BCUT2D eigenvalue weighted by Crippen LogP contribution is 2.45. The number of aryl methyl sites for hydroxylation is 3. The van der Waals surface area contributed by atoms with Gasteiger partial charge in [0.2, 0.25) is 0 Å². The van der Waals surface area contributed by atoms with E-state index >= 15 is 0 Å². The van der Waals surface area contributed by atoms with Gasteiger partial charge in [0, 0.05) is 16.7 Å². The van der Waals surface area contributed by atoms with Gasteiger partial charge in [0.05, 0.1) is 18.9 Å². The molecular formula is C72H110O6P2. The summed E-state index contributed by atoms with van der Waals surface area (Å²) in [6.07, 6.45) is 35.8. The van der Waals surface area contributed by atoms with Gasteiger partial charge < -0.3 is 28.4 Å². The molecule has 80 heavy (non-hydrogen) atoms. The maximum absolute atomic E-state index is 10.1. The van der Waals surface area contributed by atoms with Gasteiger partial charge in [0.1, 0.15) is 51.3 Å². The molecule has 6 rings (SSSR count). The first-order chi connectivity index (χ1) is 37.7. The van der Waals surface area contributed by atoms with Gasteiger partial charge in [-0.2, -0.15) is 0 Å². The van der Waals surface area contributed by atoms with Crippen LogP contribution in [-0.4, -0.2) is 21.9 Å². The molecule has 0 aromatic heterocycles. The van der Waals surface area contributed by atoms with E-state index in [9.17, 15) is 5.11 Å². The molecule has 3 aromatic rings. The highest BCUT2D eigenvalue weighted by atomic mass is 31.0. The Hall–Kier alpha value is -4.50. The minimum Gasteiger partial charge on any atom is -0.508 e. The van der Waals surface area contributed by atoms with Crippen molar-refractivity contribution in [2.75, 3.05) is 0 Å². The van der Waals surface area contributed by atoms with Crippen LogP contribution in [0.15, 0.2) is 101 Å². The molecule has 444 valence electrons. The lowest BCUT2D eigenvalue weighted by Crippen LogP contribution is -2.36. The zero-order valence-corrected chi connectivity index (χ0v) is 56.2. The summed E-state index contributed by atoms with van der Waals surface area (Å²) in [6, 6.07) is 5.92. The van der Waals surface area contributed by atoms with Crippen molar-refractivity contribution in [1.82, 2.24) is 0 Å². The largest absolute Gasteiger partial charge is 0.508 e. The fraction of sp³-hybridized carbons (Fsp3) is 0.556. The molecule has 2 unspecified atom stereocenters. The second kappa shape index (κ2) is 33.6. The minimum absolute atomic E-state index is 0.00227. The lowest BCUT2D eigenvalue weighted by molar-refractivity contribution is 0.0543. The molecule has 3 aliphatic heterocycles. The molecule has 8 heteroatoms. The molecule has 5 atom stereocenters. The average molecular weight is 1130 g/mol. The number of aromatic hydroxyl groups is 1.